The molecule has 1 heterocycles. The van der Waals surface area contributed by atoms with Crippen LogP contribution in [0.2, 0.25) is 0 Å². The Bertz CT molecular complexity index is 545. The van der Waals surface area contributed by atoms with E-state index in [1.165, 1.54) is 28.3 Å². The Hall–Kier alpha value is -2.15. The minimum absolute atomic E-state index is 0.00356. The monoisotopic (exact) mass is 283 g/mol. The summed E-state index contributed by atoms with van der Waals surface area (Å²) < 4.78 is 14.4. The molecular weight excluding hydrogens is 266 g/mol. The Morgan fingerprint density at radius 1 is 1.00 bits per heavy atom. The van der Waals surface area contributed by atoms with Gasteiger partial charge in [-0.05, 0) is 6.92 Å². The second-order valence-electron chi connectivity index (χ2n) is 4.08. The molecular formula is C13H17NO6. The summed E-state index contributed by atoms with van der Waals surface area (Å²) in [7, 11) is 3.79. The average Bonchev–Trinajstić information content (AvgIpc) is 2.85. The first-order chi connectivity index (χ1) is 9.38. The quantitative estimate of drug-likeness (QED) is 0.650. The first-order valence-corrected chi connectivity index (χ1v) is 5.85. The summed E-state index contributed by atoms with van der Waals surface area (Å²) in [5.41, 5.74) is 0.116. The summed E-state index contributed by atoms with van der Waals surface area (Å²) >= 11 is 0. The van der Waals surface area contributed by atoms with E-state index in [-0.39, 0.29) is 16.8 Å². The van der Waals surface area contributed by atoms with Crippen LogP contribution >= 0.6 is 0 Å². The number of ketones is 1. The van der Waals surface area contributed by atoms with E-state index < -0.39 is 23.8 Å². The molecule has 0 aliphatic carbocycles. The number of esters is 2. The summed E-state index contributed by atoms with van der Waals surface area (Å²) in [5, 5.41) is 0. The van der Waals surface area contributed by atoms with Crippen LogP contribution in [0.3, 0.4) is 0 Å². The van der Waals surface area contributed by atoms with Crippen molar-refractivity contribution in [2.45, 2.75) is 20.0 Å². The highest BCUT2D eigenvalue weighted by Gasteiger charge is 2.32. The van der Waals surface area contributed by atoms with Gasteiger partial charge in [0.15, 0.2) is 5.78 Å². The number of rotatable bonds is 5. The molecule has 0 spiro atoms. The number of aromatic amines is 1. The fourth-order valence-electron chi connectivity index (χ4n) is 1.83. The molecule has 1 atom stereocenters. The topological polar surface area (TPSA) is 94.7 Å². The van der Waals surface area contributed by atoms with Crippen LogP contribution in [-0.4, -0.2) is 44.0 Å². The van der Waals surface area contributed by atoms with Crippen molar-refractivity contribution < 1.29 is 28.6 Å². The summed E-state index contributed by atoms with van der Waals surface area (Å²) in [5.74, 6) is -1.93. The van der Waals surface area contributed by atoms with E-state index in [1.807, 2.05) is 0 Å². The molecule has 110 valence electrons. The highest BCUT2D eigenvalue weighted by Crippen LogP contribution is 2.27. The zero-order valence-corrected chi connectivity index (χ0v) is 12.0. The normalized spacial score (nSPS) is 11.8. The van der Waals surface area contributed by atoms with Gasteiger partial charge >= 0.3 is 11.9 Å². The number of Topliss-reactive ketones (excluding diaryl/α,β-unsaturated/α-hetero) is 1. The van der Waals surface area contributed by atoms with Crippen LogP contribution in [-0.2, 0) is 14.2 Å². The van der Waals surface area contributed by atoms with Gasteiger partial charge in [0.05, 0.1) is 37.3 Å². The lowest BCUT2D eigenvalue weighted by Crippen LogP contribution is -2.14. The fourth-order valence-corrected chi connectivity index (χ4v) is 1.83. The molecule has 1 aromatic rings. The molecule has 0 bridgehead atoms. The standard InChI is InChI=1S/C13H17NO6/c1-6(15)10-8(12(16)19-4)9(13(17)20-5)11(14-10)7(2)18-3/h7,14H,1-5H3. The van der Waals surface area contributed by atoms with Gasteiger partial charge in [0.25, 0.3) is 0 Å². The summed E-state index contributed by atoms with van der Waals surface area (Å²) in [4.78, 5) is 38.2. The number of carbonyl (C=O) groups excluding carboxylic acids is 3. The Balaban J connectivity index is 3.66. The van der Waals surface area contributed by atoms with Crippen molar-refractivity contribution in [3.8, 4) is 0 Å². The van der Waals surface area contributed by atoms with Crippen LogP contribution in [0.5, 0.6) is 0 Å². The van der Waals surface area contributed by atoms with Crippen LogP contribution in [0.1, 0.15) is 56.8 Å². The third-order valence-electron chi connectivity index (χ3n) is 2.92. The molecule has 0 aliphatic rings. The lowest BCUT2D eigenvalue weighted by atomic mass is 10.1. The van der Waals surface area contributed by atoms with Gasteiger partial charge in [-0.1, -0.05) is 0 Å². The number of hydrogen-bond acceptors (Lipinski definition) is 6. The summed E-state index contributed by atoms with van der Waals surface area (Å²) in [6, 6.07) is 0. The Morgan fingerprint density at radius 3 is 1.90 bits per heavy atom. The van der Waals surface area contributed by atoms with Gasteiger partial charge in [-0.25, -0.2) is 9.59 Å². The summed E-state index contributed by atoms with van der Waals surface area (Å²) in [6.45, 7) is 2.95. The number of nitrogens with one attached hydrogen (secondary N) is 1. The van der Waals surface area contributed by atoms with Crippen molar-refractivity contribution in [2.75, 3.05) is 21.3 Å². The molecule has 20 heavy (non-hydrogen) atoms. The fraction of sp³-hybridized carbons (Fsp3) is 0.462. The molecule has 7 nitrogen and oxygen atoms in total. The number of aromatic nitrogens is 1. The van der Waals surface area contributed by atoms with Crippen molar-refractivity contribution in [1.82, 2.24) is 4.98 Å². The van der Waals surface area contributed by atoms with Crippen LogP contribution in [0.15, 0.2) is 0 Å². The molecule has 0 fully saturated rings. The highest BCUT2D eigenvalue weighted by molar-refractivity contribution is 6.12. The lowest BCUT2D eigenvalue weighted by molar-refractivity contribution is 0.0547. The first kappa shape index (κ1) is 15.9. The van der Waals surface area contributed by atoms with Gasteiger partial charge < -0.3 is 19.2 Å². The molecule has 0 amide bonds. The molecule has 0 saturated carbocycles. The van der Waals surface area contributed by atoms with E-state index >= 15 is 0 Å². The van der Waals surface area contributed by atoms with Crippen molar-refractivity contribution in [2.24, 2.45) is 0 Å². The van der Waals surface area contributed by atoms with Crippen LogP contribution in [0.25, 0.3) is 0 Å². The van der Waals surface area contributed by atoms with Crippen LogP contribution in [0.4, 0.5) is 0 Å². The maximum atomic E-state index is 11.9. The Labute approximate surface area is 116 Å². The summed E-state index contributed by atoms with van der Waals surface area (Å²) in [6.07, 6.45) is -0.527. The van der Waals surface area contributed by atoms with Crippen LogP contribution in [0, 0.1) is 0 Å². The number of ether oxygens (including phenoxy) is 3. The van der Waals surface area contributed by atoms with Crippen molar-refractivity contribution in [3.63, 3.8) is 0 Å². The van der Waals surface area contributed by atoms with E-state index in [1.54, 1.807) is 6.92 Å². The first-order valence-electron chi connectivity index (χ1n) is 5.85. The maximum Gasteiger partial charge on any atom is 0.341 e. The van der Waals surface area contributed by atoms with E-state index in [9.17, 15) is 14.4 Å². The second kappa shape index (κ2) is 6.33. The molecule has 1 unspecified atom stereocenters. The molecule has 1 N–H and O–H groups in total. The molecule has 0 aliphatic heterocycles. The highest BCUT2D eigenvalue weighted by atomic mass is 16.5. The zero-order valence-electron chi connectivity index (χ0n) is 12.0. The zero-order chi connectivity index (χ0) is 15.4. The smallest absolute Gasteiger partial charge is 0.341 e. The lowest BCUT2D eigenvalue weighted by Gasteiger charge is -2.10. The van der Waals surface area contributed by atoms with E-state index in [0.717, 1.165) is 0 Å². The molecule has 1 aromatic heterocycles. The number of carbonyl (C=O) groups is 3. The number of methoxy groups -OCH3 is 3. The minimum atomic E-state index is -0.790. The van der Waals surface area contributed by atoms with Gasteiger partial charge in [0, 0.05) is 14.0 Å². The van der Waals surface area contributed by atoms with Gasteiger partial charge in [0.2, 0.25) is 0 Å². The Kier molecular flexibility index (Phi) is 5.04. The molecule has 0 radical (unpaired) electrons. The predicted octanol–water partition coefficient (Wildman–Crippen LogP) is 1.50. The largest absolute Gasteiger partial charge is 0.465 e. The second-order valence-corrected chi connectivity index (χ2v) is 4.08. The van der Waals surface area contributed by atoms with Gasteiger partial charge in [-0.3, -0.25) is 4.79 Å². The minimum Gasteiger partial charge on any atom is -0.465 e. The number of hydrogen-bond donors (Lipinski definition) is 1. The predicted molar refractivity (Wildman–Crippen MR) is 68.9 cm³/mol. The third-order valence-corrected chi connectivity index (χ3v) is 2.92. The molecule has 7 heteroatoms. The average molecular weight is 283 g/mol. The van der Waals surface area contributed by atoms with Gasteiger partial charge in [-0.2, -0.15) is 0 Å². The van der Waals surface area contributed by atoms with Gasteiger partial charge in [0.1, 0.15) is 5.56 Å². The third kappa shape index (κ3) is 2.72. The molecule has 0 saturated heterocycles. The maximum absolute atomic E-state index is 11.9. The van der Waals surface area contributed by atoms with Crippen molar-refractivity contribution in [1.29, 1.82) is 0 Å². The SMILES string of the molecule is COC(=O)c1c(C(C)=O)[nH]c(C(C)OC)c1C(=O)OC. The van der Waals surface area contributed by atoms with E-state index in [0.29, 0.717) is 5.69 Å². The van der Waals surface area contributed by atoms with Crippen molar-refractivity contribution in [3.05, 3.63) is 22.5 Å². The molecule has 1 rings (SSSR count). The van der Waals surface area contributed by atoms with Gasteiger partial charge in [-0.15, -0.1) is 0 Å². The van der Waals surface area contributed by atoms with E-state index in [2.05, 4.69) is 14.5 Å². The molecule has 0 aromatic carbocycles. The Morgan fingerprint density at radius 2 is 1.50 bits per heavy atom. The number of H-pyrrole nitrogens is 1. The van der Waals surface area contributed by atoms with Crippen molar-refractivity contribution >= 4 is 17.7 Å². The van der Waals surface area contributed by atoms with E-state index in [4.69, 9.17) is 4.74 Å². The van der Waals surface area contributed by atoms with Crippen LogP contribution < -0.4 is 0 Å².